The third-order valence-corrected chi connectivity index (χ3v) is 3.92. The van der Waals surface area contributed by atoms with E-state index in [1.807, 2.05) is 0 Å². The molecule has 2 aromatic carbocycles. The number of halogens is 2. The summed E-state index contributed by atoms with van der Waals surface area (Å²) in [5.41, 5.74) is 1.55. The van der Waals surface area contributed by atoms with Gasteiger partial charge in [-0.05, 0) is 54.7 Å². The van der Waals surface area contributed by atoms with Crippen molar-refractivity contribution < 1.29 is 9.59 Å². The van der Waals surface area contributed by atoms with Crippen LogP contribution in [0.3, 0.4) is 0 Å². The fraction of sp³-hybridized carbons (Fsp3) is 0.118. The van der Waals surface area contributed by atoms with E-state index in [9.17, 15) is 9.59 Å². The highest BCUT2D eigenvalue weighted by atomic mass is 35.5. The highest BCUT2D eigenvalue weighted by Gasteiger charge is 2.11. The van der Waals surface area contributed by atoms with Crippen molar-refractivity contribution in [1.82, 2.24) is 5.32 Å². The first-order valence-electron chi connectivity index (χ1n) is 7.36. The minimum Gasteiger partial charge on any atom is -0.332 e. The molecular formula is C17H15Cl2N3O2S. The molecule has 0 saturated carbocycles. The summed E-state index contributed by atoms with van der Waals surface area (Å²) >= 11 is 16.9. The molecule has 25 heavy (non-hydrogen) atoms. The number of hydrogen-bond acceptors (Lipinski definition) is 3. The van der Waals surface area contributed by atoms with Gasteiger partial charge in [-0.1, -0.05) is 30.1 Å². The lowest BCUT2D eigenvalue weighted by atomic mass is 10.2. The number of nitrogens with one attached hydrogen (secondary N) is 3. The normalized spacial score (nSPS) is 10.0. The van der Waals surface area contributed by atoms with Gasteiger partial charge in [-0.3, -0.25) is 9.59 Å². The zero-order chi connectivity index (χ0) is 18.4. The predicted molar refractivity (Wildman–Crippen MR) is 106 cm³/mol. The van der Waals surface area contributed by atoms with Crippen LogP contribution in [0.5, 0.6) is 0 Å². The molecule has 0 spiro atoms. The van der Waals surface area contributed by atoms with Gasteiger partial charge in [-0.25, -0.2) is 0 Å². The van der Waals surface area contributed by atoms with E-state index in [0.717, 1.165) is 0 Å². The lowest BCUT2D eigenvalue weighted by Crippen LogP contribution is -2.33. The average Bonchev–Trinajstić information content (AvgIpc) is 2.58. The SMILES string of the molecule is CCC(=O)NC(=S)Nc1ccc(NC(=O)c2cc(Cl)ccc2Cl)cc1. The van der Waals surface area contributed by atoms with Crippen LogP contribution < -0.4 is 16.0 Å². The molecule has 0 saturated heterocycles. The van der Waals surface area contributed by atoms with E-state index in [2.05, 4.69) is 16.0 Å². The van der Waals surface area contributed by atoms with Crippen molar-refractivity contribution >= 4 is 63.7 Å². The molecule has 0 unspecified atom stereocenters. The number of hydrogen-bond donors (Lipinski definition) is 3. The Hall–Kier alpha value is -2.15. The van der Waals surface area contributed by atoms with E-state index < -0.39 is 0 Å². The Morgan fingerprint density at radius 3 is 2.20 bits per heavy atom. The van der Waals surface area contributed by atoms with E-state index in [0.29, 0.717) is 33.4 Å². The van der Waals surface area contributed by atoms with Gasteiger partial charge < -0.3 is 16.0 Å². The van der Waals surface area contributed by atoms with Gasteiger partial charge in [0.15, 0.2) is 5.11 Å². The van der Waals surface area contributed by atoms with Crippen LogP contribution in [0.2, 0.25) is 10.0 Å². The third kappa shape index (κ3) is 5.70. The van der Waals surface area contributed by atoms with Crippen molar-refractivity contribution in [1.29, 1.82) is 0 Å². The van der Waals surface area contributed by atoms with Gasteiger partial charge in [0, 0.05) is 22.8 Å². The summed E-state index contributed by atoms with van der Waals surface area (Å²) in [5, 5.41) is 9.12. The zero-order valence-corrected chi connectivity index (χ0v) is 15.6. The fourth-order valence-corrected chi connectivity index (χ4v) is 2.49. The fourth-order valence-electron chi connectivity index (χ4n) is 1.88. The maximum absolute atomic E-state index is 12.3. The van der Waals surface area contributed by atoms with Crippen molar-refractivity contribution in [2.24, 2.45) is 0 Å². The summed E-state index contributed by atoms with van der Waals surface area (Å²) in [6, 6.07) is 11.5. The second-order valence-electron chi connectivity index (χ2n) is 5.01. The molecule has 0 aliphatic carbocycles. The molecule has 2 aromatic rings. The largest absolute Gasteiger partial charge is 0.332 e. The summed E-state index contributed by atoms with van der Waals surface area (Å²) in [7, 11) is 0. The number of carbonyl (C=O) groups excluding carboxylic acids is 2. The van der Waals surface area contributed by atoms with Crippen LogP contribution in [-0.2, 0) is 4.79 Å². The third-order valence-electron chi connectivity index (χ3n) is 3.15. The van der Waals surface area contributed by atoms with E-state index in [1.54, 1.807) is 43.3 Å². The first-order valence-corrected chi connectivity index (χ1v) is 8.52. The Bertz CT molecular complexity index is 810. The summed E-state index contributed by atoms with van der Waals surface area (Å²) in [6.07, 6.45) is 0.346. The molecule has 0 aliphatic heterocycles. The van der Waals surface area contributed by atoms with E-state index in [4.69, 9.17) is 35.4 Å². The van der Waals surface area contributed by atoms with Crippen molar-refractivity contribution in [3.63, 3.8) is 0 Å². The Balaban J connectivity index is 2.00. The summed E-state index contributed by atoms with van der Waals surface area (Å²) in [5.74, 6) is -0.529. The topological polar surface area (TPSA) is 70.2 Å². The highest BCUT2D eigenvalue weighted by molar-refractivity contribution is 7.80. The van der Waals surface area contributed by atoms with Crippen LogP contribution >= 0.6 is 35.4 Å². The standard InChI is InChI=1S/C17H15Cl2N3O2S/c1-2-15(23)22-17(25)21-12-6-4-11(5-7-12)20-16(24)13-9-10(18)3-8-14(13)19/h3-9H,2H2,1H3,(H,20,24)(H2,21,22,23,25). The molecule has 2 rings (SSSR count). The number of benzene rings is 2. The molecule has 0 atom stereocenters. The predicted octanol–water partition coefficient (Wildman–Crippen LogP) is 4.47. The molecule has 130 valence electrons. The number of carbonyl (C=O) groups is 2. The molecule has 0 radical (unpaired) electrons. The summed E-state index contributed by atoms with van der Waals surface area (Å²) in [6.45, 7) is 1.74. The molecule has 0 aliphatic rings. The van der Waals surface area contributed by atoms with Gasteiger partial charge in [0.1, 0.15) is 0 Å². The number of anilines is 2. The zero-order valence-electron chi connectivity index (χ0n) is 13.2. The van der Waals surface area contributed by atoms with Crippen LogP contribution in [0.25, 0.3) is 0 Å². The number of amides is 2. The second kappa shape index (κ2) is 8.80. The Morgan fingerprint density at radius 1 is 1.00 bits per heavy atom. The molecule has 0 bridgehead atoms. The molecule has 0 fully saturated rings. The Morgan fingerprint density at radius 2 is 1.60 bits per heavy atom. The average molecular weight is 396 g/mol. The Kier molecular flexibility index (Phi) is 6.75. The van der Waals surface area contributed by atoms with Gasteiger partial charge >= 0.3 is 0 Å². The molecule has 3 N–H and O–H groups in total. The minimum absolute atomic E-state index is 0.167. The molecular weight excluding hydrogens is 381 g/mol. The van der Waals surface area contributed by atoms with Crippen LogP contribution in [0.1, 0.15) is 23.7 Å². The highest BCUT2D eigenvalue weighted by Crippen LogP contribution is 2.22. The smallest absolute Gasteiger partial charge is 0.257 e. The van der Waals surface area contributed by atoms with Gasteiger partial charge in [0.05, 0.1) is 10.6 Å². The van der Waals surface area contributed by atoms with Gasteiger partial charge in [-0.2, -0.15) is 0 Å². The molecule has 5 nitrogen and oxygen atoms in total. The molecule has 0 aromatic heterocycles. The van der Waals surface area contributed by atoms with Crippen molar-refractivity contribution in [2.45, 2.75) is 13.3 Å². The van der Waals surface area contributed by atoms with Crippen LogP contribution in [0.4, 0.5) is 11.4 Å². The lowest BCUT2D eigenvalue weighted by molar-refractivity contribution is -0.119. The number of rotatable bonds is 4. The monoisotopic (exact) mass is 395 g/mol. The summed E-state index contributed by atoms with van der Waals surface area (Å²) in [4.78, 5) is 23.5. The maximum Gasteiger partial charge on any atom is 0.257 e. The first kappa shape index (κ1) is 19.2. The molecule has 8 heteroatoms. The first-order chi connectivity index (χ1) is 11.9. The second-order valence-corrected chi connectivity index (χ2v) is 6.26. The van der Waals surface area contributed by atoms with Gasteiger partial charge in [0.2, 0.25) is 5.91 Å². The van der Waals surface area contributed by atoms with Crippen LogP contribution in [0, 0.1) is 0 Å². The van der Waals surface area contributed by atoms with Crippen LogP contribution in [0.15, 0.2) is 42.5 Å². The number of thiocarbonyl (C=S) groups is 1. The molecule has 2 amide bonds. The maximum atomic E-state index is 12.3. The minimum atomic E-state index is -0.362. The Labute approximate surface area is 160 Å². The van der Waals surface area contributed by atoms with Crippen molar-refractivity contribution in [2.75, 3.05) is 10.6 Å². The van der Waals surface area contributed by atoms with E-state index in [-0.39, 0.29) is 16.9 Å². The van der Waals surface area contributed by atoms with Crippen molar-refractivity contribution in [3.05, 3.63) is 58.1 Å². The summed E-state index contributed by atoms with van der Waals surface area (Å²) < 4.78 is 0. The van der Waals surface area contributed by atoms with Crippen LogP contribution in [-0.4, -0.2) is 16.9 Å². The van der Waals surface area contributed by atoms with Gasteiger partial charge in [0.25, 0.3) is 5.91 Å². The van der Waals surface area contributed by atoms with Gasteiger partial charge in [-0.15, -0.1) is 0 Å². The lowest BCUT2D eigenvalue weighted by Gasteiger charge is -2.10. The quantitative estimate of drug-likeness (QED) is 0.667. The van der Waals surface area contributed by atoms with E-state index in [1.165, 1.54) is 6.07 Å². The molecule has 0 heterocycles. The van der Waals surface area contributed by atoms with Crippen molar-refractivity contribution in [3.8, 4) is 0 Å². The van der Waals surface area contributed by atoms with E-state index >= 15 is 0 Å².